The highest BCUT2D eigenvalue weighted by molar-refractivity contribution is 5.39. The first-order chi connectivity index (χ1) is 7.74. The van der Waals surface area contributed by atoms with Gasteiger partial charge in [0.15, 0.2) is 11.5 Å². The highest BCUT2D eigenvalue weighted by Gasteiger charge is 2.01. The van der Waals surface area contributed by atoms with Crippen LogP contribution in [0.2, 0.25) is 0 Å². The molecule has 0 bridgehead atoms. The molecule has 3 heteroatoms. The lowest BCUT2D eigenvalue weighted by atomic mass is 10.1. The molecule has 0 aliphatic rings. The number of ether oxygens (including phenoxy) is 2. The number of benzene rings is 1. The Hall–Kier alpha value is -1.22. The molecule has 0 saturated carbocycles. The Balaban J connectivity index is 2.26. The molecule has 1 atom stereocenters. The predicted molar refractivity (Wildman–Crippen MR) is 66.0 cm³/mol. The molecule has 0 aliphatic carbocycles. The molecule has 16 heavy (non-hydrogen) atoms. The third kappa shape index (κ3) is 4.53. The summed E-state index contributed by atoms with van der Waals surface area (Å²) in [4.78, 5) is 0. The Morgan fingerprint density at radius 3 is 2.50 bits per heavy atom. The second-order valence-electron chi connectivity index (χ2n) is 3.97. The molecular formula is C13H21NO2. The Morgan fingerprint density at radius 1 is 1.19 bits per heavy atom. The van der Waals surface area contributed by atoms with E-state index in [4.69, 9.17) is 15.2 Å². The summed E-state index contributed by atoms with van der Waals surface area (Å²) in [5.41, 5.74) is 5.67. The number of para-hydroxylation sites is 2. The molecule has 0 heterocycles. The zero-order chi connectivity index (χ0) is 11.8. The maximum absolute atomic E-state index is 5.67. The van der Waals surface area contributed by atoms with Gasteiger partial charge in [0.05, 0.1) is 13.7 Å². The molecule has 0 spiro atoms. The molecule has 3 nitrogen and oxygen atoms in total. The summed E-state index contributed by atoms with van der Waals surface area (Å²) in [5, 5.41) is 0. The fourth-order valence-corrected chi connectivity index (χ4v) is 1.49. The summed E-state index contributed by atoms with van der Waals surface area (Å²) in [6.07, 6.45) is 3.18. The summed E-state index contributed by atoms with van der Waals surface area (Å²) in [6.45, 7) is 2.74. The lowest BCUT2D eigenvalue weighted by Gasteiger charge is -2.10. The van der Waals surface area contributed by atoms with Crippen LogP contribution in [0.15, 0.2) is 24.3 Å². The smallest absolute Gasteiger partial charge is 0.161 e. The molecule has 1 unspecified atom stereocenters. The van der Waals surface area contributed by atoms with Crippen LogP contribution >= 0.6 is 0 Å². The van der Waals surface area contributed by atoms with Gasteiger partial charge in [-0.15, -0.1) is 0 Å². The molecule has 0 aromatic heterocycles. The SMILES string of the molecule is COc1ccccc1OCCCCC(C)N. The monoisotopic (exact) mass is 223 g/mol. The molecule has 0 radical (unpaired) electrons. The number of rotatable bonds is 7. The Bertz CT molecular complexity index is 300. The zero-order valence-corrected chi connectivity index (χ0v) is 10.1. The lowest BCUT2D eigenvalue weighted by Crippen LogP contribution is -2.14. The first kappa shape index (κ1) is 12.8. The minimum Gasteiger partial charge on any atom is -0.493 e. The standard InChI is InChI=1S/C13H21NO2/c1-11(14)7-5-6-10-16-13-9-4-3-8-12(13)15-2/h3-4,8-9,11H,5-7,10,14H2,1-2H3. The van der Waals surface area contributed by atoms with E-state index in [0.29, 0.717) is 6.61 Å². The molecular weight excluding hydrogens is 202 g/mol. The van der Waals surface area contributed by atoms with Gasteiger partial charge in [-0.1, -0.05) is 12.1 Å². The van der Waals surface area contributed by atoms with Crippen LogP contribution in [0.5, 0.6) is 11.5 Å². The molecule has 1 aromatic carbocycles. The average Bonchev–Trinajstić information content (AvgIpc) is 2.29. The van der Waals surface area contributed by atoms with Gasteiger partial charge in [-0.05, 0) is 38.3 Å². The third-order valence-corrected chi connectivity index (χ3v) is 2.38. The summed E-state index contributed by atoms with van der Waals surface area (Å²) in [7, 11) is 1.65. The zero-order valence-electron chi connectivity index (χ0n) is 10.1. The molecule has 0 aliphatic heterocycles. The van der Waals surface area contributed by atoms with E-state index in [2.05, 4.69) is 0 Å². The molecule has 1 aromatic rings. The van der Waals surface area contributed by atoms with Crippen molar-refractivity contribution in [3.63, 3.8) is 0 Å². The second-order valence-corrected chi connectivity index (χ2v) is 3.97. The van der Waals surface area contributed by atoms with Crippen LogP contribution in [-0.2, 0) is 0 Å². The molecule has 2 N–H and O–H groups in total. The number of hydrogen-bond donors (Lipinski definition) is 1. The van der Waals surface area contributed by atoms with E-state index in [0.717, 1.165) is 30.8 Å². The Kier molecular flexibility index (Phi) is 5.72. The fourth-order valence-electron chi connectivity index (χ4n) is 1.49. The van der Waals surface area contributed by atoms with Gasteiger partial charge in [-0.3, -0.25) is 0 Å². The van der Waals surface area contributed by atoms with E-state index in [-0.39, 0.29) is 6.04 Å². The van der Waals surface area contributed by atoms with Crippen molar-refractivity contribution >= 4 is 0 Å². The second kappa shape index (κ2) is 7.12. The Labute approximate surface area is 97.6 Å². The van der Waals surface area contributed by atoms with Crippen LogP contribution in [0, 0.1) is 0 Å². The summed E-state index contributed by atoms with van der Waals surface area (Å²) in [5.74, 6) is 1.60. The van der Waals surface area contributed by atoms with Crippen molar-refractivity contribution < 1.29 is 9.47 Å². The molecule has 0 fully saturated rings. The largest absolute Gasteiger partial charge is 0.493 e. The van der Waals surface area contributed by atoms with Gasteiger partial charge in [-0.25, -0.2) is 0 Å². The van der Waals surface area contributed by atoms with Gasteiger partial charge in [0.2, 0.25) is 0 Å². The molecule has 1 rings (SSSR count). The van der Waals surface area contributed by atoms with Crippen molar-refractivity contribution in [1.82, 2.24) is 0 Å². The molecule has 90 valence electrons. The normalized spacial score (nSPS) is 12.2. The van der Waals surface area contributed by atoms with Crippen molar-refractivity contribution in [2.45, 2.75) is 32.2 Å². The maximum atomic E-state index is 5.67. The number of methoxy groups -OCH3 is 1. The van der Waals surface area contributed by atoms with Crippen molar-refractivity contribution in [3.8, 4) is 11.5 Å². The van der Waals surface area contributed by atoms with E-state index in [1.807, 2.05) is 31.2 Å². The van der Waals surface area contributed by atoms with Crippen molar-refractivity contribution in [2.75, 3.05) is 13.7 Å². The number of unbranched alkanes of at least 4 members (excludes halogenated alkanes) is 1. The van der Waals surface area contributed by atoms with Crippen molar-refractivity contribution in [1.29, 1.82) is 0 Å². The van der Waals surface area contributed by atoms with E-state index in [9.17, 15) is 0 Å². The van der Waals surface area contributed by atoms with E-state index >= 15 is 0 Å². The van der Waals surface area contributed by atoms with Crippen LogP contribution in [0.3, 0.4) is 0 Å². The van der Waals surface area contributed by atoms with Crippen molar-refractivity contribution in [2.24, 2.45) is 5.73 Å². The predicted octanol–water partition coefficient (Wildman–Crippen LogP) is 2.59. The minimum absolute atomic E-state index is 0.284. The van der Waals surface area contributed by atoms with Gasteiger partial charge in [-0.2, -0.15) is 0 Å². The van der Waals surface area contributed by atoms with Crippen LogP contribution in [0.4, 0.5) is 0 Å². The third-order valence-electron chi connectivity index (χ3n) is 2.38. The van der Waals surface area contributed by atoms with Gasteiger partial charge >= 0.3 is 0 Å². The minimum atomic E-state index is 0.284. The van der Waals surface area contributed by atoms with E-state index in [1.54, 1.807) is 7.11 Å². The van der Waals surface area contributed by atoms with Gasteiger partial charge in [0.1, 0.15) is 0 Å². The summed E-state index contributed by atoms with van der Waals surface area (Å²) in [6, 6.07) is 7.98. The van der Waals surface area contributed by atoms with Crippen LogP contribution in [0.1, 0.15) is 26.2 Å². The first-order valence-electron chi connectivity index (χ1n) is 5.75. The highest BCUT2D eigenvalue weighted by atomic mass is 16.5. The highest BCUT2D eigenvalue weighted by Crippen LogP contribution is 2.25. The topological polar surface area (TPSA) is 44.5 Å². The number of hydrogen-bond acceptors (Lipinski definition) is 3. The summed E-state index contributed by atoms with van der Waals surface area (Å²) < 4.78 is 10.8. The van der Waals surface area contributed by atoms with Crippen molar-refractivity contribution in [3.05, 3.63) is 24.3 Å². The molecule has 0 amide bonds. The van der Waals surface area contributed by atoms with Gasteiger partial charge in [0, 0.05) is 6.04 Å². The quantitative estimate of drug-likeness (QED) is 0.723. The number of nitrogens with two attached hydrogens (primary N) is 1. The van der Waals surface area contributed by atoms with Crippen LogP contribution in [0.25, 0.3) is 0 Å². The van der Waals surface area contributed by atoms with Crippen LogP contribution < -0.4 is 15.2 Å². The maximum Gasteiger partial charge on any atom is 0.161 e. The average molecular weight is 223 g/mol. The van der Waals surface area contributed by atoms with E-state index in [1.165, 1.54) is 0 Å². The van der Waals surface area contributed by atoms with Gasteiger partial charge < -0.3 is 15.2 Å². The summed E-state index contributed by atoms with van der Waals surface area (Å²) >= 11 is 0. The molecule has 0 saturated heterocycles. The Morgan fingerprint density at radius 2 is 1.88 bits per heavy atom. The lowest BCUT2D eigenvalue weighted by molar-refractivity contribution is 0.284. The van der Waals surface area contributed by atoms with Gasteiger partial charge in [0.25, 0.3) is 0 Å². The first-order valence-corrected chi connectivity index (χ1v) is 5.75. The fraction of sp³-hybridized carbons (Fsp3) is 0.538. The van der Waals surface area contributed by atoms with E-state index < -0.39 is 0 Å². The van der Waals surface area contributed by atoms with Crippen LogP contribution in [-0.4, -0.2) is 19.8 Å².